The van der Waals surface area contributed by atoms with Crippen molar-refractivity contribution in [1.82, 2.24) is 0 Å². The number of esters is 1. The lowest BCUT2D eigenvalue weighted by atomic mass is 10.1. The van der Waals surface area contributed by atoms with Gasteiger partial charge in [0, 0.05) is 12.5 Å². The molecule has 0 radical (unpaired) electrons. The Morgan fingerprint density at radius 2 is 2.43 bits per heavy atom. The lowest BCUT2D eigenvalue weighted by Crippen LogP contribution is -2.19. The maximum atomic E-state index is 10.9. The predicted molar refractivity (Wildman–Crippen MR) is 51.0 cm³/mol. The highest BCUT2D eigenvalue weighted by Crippen LogP contribution is 2.13. The third-order valence-electron chi connectivity index (χ3n) is 2.32. The van der Waals surface area contributed by atoms with Crippen molar-refractivity contribution in [3.63, 3.8) is 0 Å². The molecule has 0 aromatic heterocycles. The second-order valence-corrected chi connectivity index (χ2v) is 3.65. The topological polar surface area (TPSA) is 44.8 Å². The van der Waals surface area contributed by atoms with Crippen LogP contribution >= 0.6 is 0 Å². The van der Waals surface area contributed by atoms with Crippen LogP contribution in [0.4, 0.5) is 0 Å². The first-order valence-corrected chi connectivity index (χ1v) is 4.98. The van der Waals surface area contributed by atoms with Crippen LogP contribution in [0.15, 0.2) is 0 Å². The standard InChI is InChI=1S/C10H18O4/c1-8(5-10(11)12-2)14-7-9-3-4-13-6-9/h8-9H,3-7H2,1-2H3. The Labute approximate surface area is 84.5 Å². The van der Waals surface area contributed by atoms with E-state index in [1.165, 1.54) is 7.11 Å². The molecule has 0 N–H and O–H groups in total. The summed E-state index contributed by atoms with van der Waals surface area (Å²) in [5.74, 6) is 0.273. The first-order chi connectivity index (χ1) is 6.72. The molecule has 0 aliphatic carbocycles. The van der Waals surface area contributed by atoms with E-state index in [-0.39, 0.29) is 12.1 Å². The van der Waals surface area contributed by atoms with E-state index >= 15 is 0 Å². The minimum absolute atomic E-state index is 0.0666. The van der Waals surface area contributed by atoms with Gasteiger partial charge in [-0.25, -0.2) is 0 Å². The third-order valence-corrected chi connectivity index (χ3v) is 2.32. The van der Waals surface area contributed by atoms with E-state index < -0.39 is 0 Å². The van der Waals surface area contributed by atoms with Crippen LogP contribution in [0.2, 0.25) is 0 Å². The van der Waals surface area contributed by atoms with E-state index in [1.54, 1.807) is 0 Å². The summed E-state index contributed by atoms with van der Waals surface area (Å²) >= 11 is 0. The number of carbonyl (C=O) groups is 1. The Morgan fingerprint density at radius 3 is 3.00 bits per heavy atom. The van der Waals surface area contributed by atoms with Crippen LogP contribution in [0, 0.1) is 5.92 Å². The Balaban J connectivity index is 2.07. The summed E-state index contributed by atoms with van der Waals surface area (Å²) in [5.41, 5.74) is 0. The maximum absolute atomic E-state index is 10.9. The highest BCUT2D eigenvalue weighted by atomic mass is 16.5. The number of carbonyl (C=O) groups excluding carboxylic acids is 1. The zero-order valence-corrected chi connectivity index (χ0v) is 8.82. The molecular formula is C10H18O4. The van der Waals surface area contributed by atoms with Crippen molar-refractivity contribution < 1.29 is 19.0 Å². The molecule has 0 amide bonds. The number of rotatable bonds is 5. The van der Waals surface area contributed by atoms with Gasteiger partial charge in [0.1, 0.15) is 0 Å². The molecule has 1 heterocycles. The third kappa shape index (κ3) is 4.07. The smallest absolute Gasteiger partial charge is 0.308 e. The first-order valence-electron chi connectivity index (χ1n) is 4.98. The number of ether oxygens (including phenoxy) is 3. The highest BCUT2D eigenvalue weighted by molar-refractivity contribution is 5.69. The van der Waals surface area contributed by atoms with E-state index in [0.29, 0.717) is 18.9 Å². The molecule has 0 bridgehead atoms. The molecule has 1 aliphatic heterocycles. The summed E-state index contributed by atoms with van der Waals surface area (Å²) in [6.07, 6.45) is 1.32. The summed E-state index contributed by atoms with van der Waals surface area (Å²) in [7, 11) is 1.39. The largest absolute Gasteiger partial charge is 0.469 e. The summed E-state index contributed by atoms with van der Waals surface area (Å²) in [4.78, 5) is 10.9. The van der Waals surface area contributed by atoms with Gasteiger partial charge in [0.05, 0.1) is 32.8 Å². The minimum atomic E-state index is -0.222. The van der Waals surface area contributed by atoms with Crippen LogP contribution < -0.4 is 0 Å². The summed E-state index contributed by atoms with van der Waals surface area (Å²) in [6.45, 7) is 4.18. The molecule has 82 valence electrons. The number of methoxy groups -OCH3 is 1. The van der Waals surface area contributed by atoms with Gasteiger partial charge in [-0.3, -0.25) is 4.79 Å². The van der Waals surface area contributed by atoms with Gasteiger partial charge in [-0.2, -0.15) is 0 Å². The lowest BCUT2D eigenvalue weighted by molar-refractivity contribution is -0.143. The fourth-order valence-electron chi connectivity index (χ4n) is 1.39. The zero-order valence-electron chi connectivity index (χ0n) is 8.82. The van der Waals surface area contributed by atoms with Gasteiger partial charge in [-0.1, -0.05) is 0 Å². The van der Waals surface area contributed by atoms with Gasteiger partial charge in [-0.15, -0.1) is 0 Å². The lowest BCUT2D eigenvalue weighted by Gasteiger charge is -2.14. The molecule has 0 saturated carbocycles. The van der Waals surface area contributed by atoms with Crippen molar-refractivity contribution in [3.05, 3.63) is 0 Å². The van der Waals surface area contributed by atoms with E-state index in [2.05, 4.69) is 4.74 Å². The average Bonchev–Trinajstić information content (AvgIpc) is 2.67. The molecule has 2 atom stereocenters. The first kappa shape index (κ1) is 11.5. The molecular weight excluding hydrogens is 184 g/mol. The molecule has 0 aromatic rings. The van der Waals surface area contributed by atoms with Crippen molar-refractivity contribution in [2.75, 3.05) is 26.9 Å². The van der Waals surface area contributed by atoms with E-state index in [9.17, 15) is 4.79 Å². The summed E-state index contributed by atoms with van der Waals surface area (Å²) in [5, 5.41) is 0. The van der Waals surface area contributed by atoms with E-state index in [0.717, 1.165) is 19.6 Å². The molecule has 0 aromatic carbocycles. The molecule has 1 saturated heterocycles. The van der Waals surface area contributed by atoms with Crippen molar-refractivity contribution in [2.45, 2.75) is 25.9 Å². The van der Waals surface area contributed by atoms with Gasteiger partial charge in [0.2, 0.25) is 0 Å². The monoisotopic (exact) mass is 202 g/mol. The molecule has 0 spiro atoms. The molecule has 14 heavy (non-hydrogen) atoms. The van der Waals surface area contributed by atoms with Crippen LogP contribution in [0.5, 0.6) is 0 Å². The van der Waals surface area contributed by atoms with Gasteiger partial charge >= 0.3 is 5.97 Å². The quantitative estimate of drug-likeness (QED) is 0.624. The minimum Gasteiger partial charge on any atom is -0.469 e. The van der Waals surface area contributed by atoms with Crippen LogP contribution in [0.25, 0.3) is 0 Å². The van der Waals surface area contributed by atoms with Crippen LogP contribution in [-0.4, -0.2) is 39.0 Å². The normalized spacial score (nSPS) is 23.4. The van der Waals surface area contributed by atoms with Crippen LogP contribution in [-0.2, 0) is 19.0 Å². The van der Waals surface area contributed by atoms with Crippen molar-refractivity contribution in [2.24, 2.45) is 5.92 Å². The van der Waals surface area contributed by atoms with Crippen LogP contribution in [0.3, 0.4) is 0 Å². The number of hydrogen-bond donors (Lipinski definition) is 0. The SMILES string of the molecule is COC(=O)CC(C)OCC1CCOC1. The fourth-order valence-corrected chi connectivity index (χ4v) is 1.39. The second kappa shape index (κ2) is 5.98. The molecule has 2 unspecified atom stereocenters. The Kier molecular flexibility index (Phi) is 4.90. The van der Waals surface area contributed by atoms with Crippen molar-refractivity contribution in [1.29, 1.82) is 0 Å². The van der Waals surface area contributed by atoms with Gasteiger partial charge in [-0.05, 0) is 13.3 Å². The van der Waals surface area contributed by atoms with Gasteiger partial charge in [0.15, 0.2) is 0 Å². The number of hydrogen-bond acceptors (Lipinski definition) is 4. The van der Waals surface area contributed by atoms with Crippen molar-refractivity contribution in [3.8, 4) is 0 Å². The molecule has 4 nitrogen and oxygen atoms in total. The fraction of sp³-hybridized carbons (Fsp3) is 0.900. The van der Waals surface area contributed by atoms with E-state index in [1.807, 2.05) is 6.92 Å². The molecule has 1 rings (SSSR count). The van der Waals surface area contributed by atoms with Crippen LogP contribution in [0.1, 0.15) is 19.8 Å². The summed E-state index contributed by atoms with van der Waals surface area (Å²) < 4.78 is 15.3. The molecule has 4 heteroatoms. The van der Waals surface area contributed by atoms with Gasteiger partial charge < -0.3 is 14.2 Å². The van der Waals surface area contributed by atoms with Crippen molar-refractivity contribution >= 4 is 5.97 Å². The van der Waals surface area contributed by atoms with Gasteiger partial charge in [0.25, 0.3) is 0 Å². The predicted octanol–water partition coefficient (Wildman–Crippen LogP) is 0.991. The highest BCUT2D eigenvalue weighted by Gasteiger charge is 2.17. The Hall–Kier alpha value is -0.610. The Morgan fingerprint density at radius 1 is 1.64 bits per heavy atom. The molecule has 1 aliphatic rings. The zero-order chi connectivity index (χ0) is 10.4. The Bertz CT molecular complexity index is 175. The maximum Gasteiger partial charge on any atom is 0.308 e. The molecule has 1 fully saturated rings. The second-order valence-electron chi connectivity index (χ2n) is 3.65. The van der Waals surface area contributed by atoms with E-state index in [4.69, 9.17) is 9.47 Å². The average molecular weight is 202 g/mol. The summed E-state index contributed by atoms with van der Waals surface area (Å²) in [6, 6.07) is 0.